The first-order valence-corrected chi connectivity index (χ1v) is 7.20. The molecule has 0 atom stereocenters. The Labute approximate surface area is 111 Å². The molecule has 2 heterocycles. The van der Waals surface area contributed by atoms with Crippen LogP contribution in [-0.4, -0.2) is 21.7 Å². The van der Waals surface area contributed by atoms with Crippen molar-refractivity contribution >= 4 is 11.3 Å². The van der Waals surface area contributed by atoms with E-state index >= 15 is 0 Å². The van der Waals surface area contributed by atoms with Gasteiger partial charge in [0.1, 0.15) is 5.01 Å². The van der Waals surface area contributed by atoms with Crippen molar-refractivity contribution in [3.8, 4) is 11.4 Å². The van der Waals surface area contributed by atoms with Crippen LogP contribution in [0.5, 0.6) is 0 Å². The summed E-state index contributed by atoms with van der Waals surface area (Å²) in [6.45, 7) is 0.210. The van der Waals surface area contributed by atoms with E-state index in [1.54, 1.807) is 17.5 Å². The minimum atomic E-state index is -0.0856. The predicted molar refractivity (Wildman–Crippen MR) is 72.6 cm³/mol. The lowest BCUT2D eigenvalue weighted by Crippen LogP contribution is -2.26. The second-order valence-electron chi connectivity index (χ2n) is 4.90. The number of hydrogen-bond acceptors (Lipinski definition) is 4. The third-order valence-electron chi connectivity index (χ3n) is 3.75. The highest BCUT2D eigenvalue weighted by atomic mass is 32.1. The van der Waals surface area contributed by atoms with Crippen molar-refractivity contribution in [1.82, 2.24) is 9.97 Å². The normalized spacial score (nSPS) is 18.1. The Morgan fingerprint density at radius 1 is 1.22 bits per heavy atom. The quantitative estimate of drug-likeness (QED) is 0.922. The predicted octanol–water partition coefficient (Wildman–Crippen LogP) is 3.01. The van der Waals surface area contributed by atoms with Gasteiger partial charge in [0, 0.05) is 17.0 Å². The first kappa shape index (κ1) is 11.8. The van der Waals surface area contributed by atoms with Gasteiger partial charge in [-0.1, -0.05) is 18.9 Å². The summed E-state index contributed by atoms with van der Waals surface area (Å²) in [5.74, 6) is 0. The largest absolute Gasteiger partial charge is 0.395 e. The lowest BCUT2D eigenvalue weighted by atomic mass is 9.88. The Hall–Kier alpha value is -1.26. The second-order valence-corrected chi connectivity index (χ2v) is 5.76. The third kappa shape index (κ3) is 1.95. The van der Waals surface area contributed by atoms with E-state index in [2.05, 4.69) is 4.98 Å². The average molecular weight is 260 g/mol. The minimum absolute atomic E-state index is 0.0856. The fourth-order valence-corrected chi connectivity index (χ4v) is 3.71. The van der Waals surface area contributed by atoms with Crippen molar-refractivity contribution in [3.63, 3.8) is 0 Å². The van der Waals surface area contributed by atoms with Gasteiger partial charge >= 0.3 is 0 Å². The SMILES string of the molecule is OCC1(c2nc(-c3ccccn3)cs2)CCCC1. The molecule has 0 spiro atoms. The first-order chi connectivity index (χ1) is 8.84. The summed E-state index contributed by atoms with van der Waals surface area (Å²) in [4.78, 5) is 9.02. The van der Waals surface area contributed by atoms with Crippen molar-refractivity contribution < 1.29 is 5.11 Å². The monoisotopic (exact) mass is 260 g/mol. The number of hydrogen-bond donors (Lipinski definition) is 1. The van der Waals surface area contributed by atoms with Crippen LogP contribution in [-0.2, 0) is 5.41 Å². The molecule has 1 saturated carbocycles. The van der Waals surface area contributed by atoms with Crippen LogP contribution in [0.25, 0.3) is 11.4 Å². The highest BCUT2D eigenvalue weighted by molar-refractivity contribution is 7.10. The van der Waals surface area contributed by atoms with Crippen LogP contribution in [0.4, 0.5) is 0 Å². The van der Waals surface area contributed by atoms with E-state index in [0.29, 0.717) is 0 Å². The molecule has 2 aromatic rings. The molecular weight excluding hydrogens is 244 g/mol. The van der Waals surface area contributed by atoms with E-state index in [9.17, 15) is 5.11 Å². The standard InChI is InChI=1S/C14H16N2OS/c17-10-14(6-2-3-7-14)13-16-12(9-18-13)11-5-1-4-8-15-11/h1,4-5,8-9,17H,2-3,6-7,10H2. The van der Waals surface area contributed by atoms with Crippen molar-refractivity contribution in [2.45, 2.75) is 31.1 Å². The third-order valence-corrected chi connectivity index (χ3v) is 4.84. The lowest BCUT2D eigenvalue weighted by Gasteiger charge is -2.23. The average Bonchev–Trinajstić information content (AvgIpc) is 3.09. The molecule has 18 heavy (non-hydrogen) atoms. The van der Waals surface area contributed by atoms with Crippen molar-refractivity contribution in [3.05, 3.63) is 34.8 Å². The summed E-state index contributed by atoms with van der Waals surface area (Å²) in [7, 11) is 0. The Morgan fingerprint density at radius 2 is 2.06 bits per heavy atom. The molecule has 94 valence electrons. The van der Waals surface area contributed by atoms with E-state index in [1.165, 1.54) is 12.8 Å². The number of thiazole rings is 1. The van der Waals surface area contributed by atoms with Gasteiger partial charge in [-0.3, -0.25) is 4.98 Å². The van der Waals surface area contributed by atoms with Gasteiger partial charge in [-0.2, -0.15) is 0 Å². The molecule has 0 saturated heterocycles. The molecule has 0 aromatic carbocycles. The van der Waals surface area contributed by atoms with Crippen LogP contribution < -0.4 is 0 Å². The summed E-state index contributed by atoms with van der Waals surface area (Å²) in [6.07, 6.45) is 6.28. The molecule has 3 rings (SSSR count). The number of rotatable bonds is 3. The number of nitrogens with zero attached hydrogens (tertiary/aromatic N) is 2. The molecule has 2 aromatic heterocycles. The second kappa shape index (κ2) is 4.78. The van der Waals surface area contributed by atoms with Crippen molar-refractivity contribution in [2.24, 2.45) is 0 Å². The Morgan fingerprint density at radius 3 is 2.72 bits per heavy atom. The highest BCUT2D eigenvalue weighted by Gasteiger charge is 2.37. The van der Waals surface area contributed by atoms with Crippen LogP contribution in [0.2, 0.25) is 0 Å². The molecule has 1 aliphatic carbocycles. The van der Waals surface area contributed by atoms with E-state index in [1.807, 2.05) is 23.6 Å². The van der Waals surface area contributed by atoms with Crippen LogP contribution in [0.15, 0.2) is 29.8 Å². The van der Waals surface area contributed by atoms with E-state index < -0.39 is 0 Å². The maximum atomic E-state index is 9.70. The summed E-state index contributed by atoms with van der Waals surface area (Å²) < 4.78 is 0. The minimum Gasteiger partial charge on any atom is -0.395 e. The molecule has 1 N–H and O–H groups in total. The molecule has 0 unspecified atom stereocenters. The van der Waals surface area contributed by atoms with E-state index in [0.717, 1.165) is 29.2 Å². The maximum Gasteiger partial charge on any atom is 0.102 e. The molecule has 0 aliphatic heterocycles. The Balaban J connectivity index is 1.94. The van der Waals surface area contributed by atoms with Gasteiger partial charge in [0.15, 0.2) is 0 Å². The summed E-state index contributed by atoms with van der Waals surface area (Å²) in [5.41, 5.74) is 1.75. The number of aliphatic hydroxyl groups excluding tert-OH is 1. The topological polar surface area (TPSA) is 46.0 Å². The fraction of sp³-hybridized carbons (Fsp3) is 0.429. The molecule has 1 fully saturated rings. The van der Waals surface area contributed by atoms with Crippen LogP contribution in [0, 0.1) is 0 Å². The zero-order chi connectivity index (χ0) is 12.4. The molecule has 0 bridgehead atoms. The van der Waals surface area contributed by atoms with Gasteiger partial charge in [0.05, 0.1) is 18.0 Å². The summed E-state index contributed by atoms with van der Waals surface area (Å²) >= 11 is 1.65. The number of aromatic nitrogens is 2. The number of aliphatic hydroxyl groups is 1. The molecule has 0 amide bonds. The Bertz CT molecular complexity index is 518. The van der Waals surface area contributed by atoms with Gasteiger partial charge < -0.3 is 5.11 Å². The van der Waals surface area contributed by atoms with Gasteiger partial charge in [-0.05, 0) is 25.0 Å². The zero-order valence-corrected chi connectivity index (χ0v) is 11.0. The summed E-state index contributed by atoms with van der Waals surface area (Å²) in [6, 6.07) is 5.85. The molecule has 4 heteroatoms. The van der Waals surface area contributed by atoms with Crippen LogP contribution in [0.1, 0.15) is 30.7 Å². The Kier molecular flexibility index (Phi) is 3.14. The van der Waals surface area contributed by atoms with Crippen molar-refractivity contribution in [1.29, 1.82) is 0 Å². The van der Waals surface area contributed by atoms with Gasteiger partial charge in [-0.25, -0.2) is 4.98 Å². The smallest absolute Gasteiger partial charge is 0.102 e. The number of pyridine rings is 1. The first-order valence-electron chi connectivity index (χ1n) is 6.32. The summed E-state index contributed by atoms with van der Waals surface area (Å²) in [5, 5.41) is 12.8. The molecule has 1 aliphatic rings. The molecule has 3 nitrogen and oxygen atoms in total. The molecule has 0 radical (unpaired) electrons. The highest BCUT2D eigenvalue weighted by Crippen LogP contribution is 2.42. The lowest BCUT2D eigenvalue weighted by molar-refractivity contribution is 0.195. The van der Waals surface area contributed by atoms with Gasteiger partial charge in [0.2, 0.25) is 0 Å². The zero-order valence-electron chi connectivity index (χ0n) is 10.2. The molecular formula is C14H16N2OS. The van der Waals surface area contributed by atoms with Crippen LogP contribution in [0.3, 0.4) is 0 Å². The van der Waals surface area contributed by atoms with E-state index in [4.69, 9.17) is 4.98 Å². The van der Waals surface area contributed by atoms with Crippen LogP contribution >= 0.6 is 11.3 Å². The van der Waals surface area contributed by atoms with E-state index in [-0.39, 0.29) is 12.0 Å². The van der Waals surface area contributed by atoms with Gasteiger partial charge in [-0.15, -0.1) is 11.3 Å². The fourth-order valence-electron chi connectivity index (χ4n) is 2.64. The van der Waals surface area contributed by atoms with Crippen molar-refractivity contribution in [2.75, 3.05) is 6.61 Å². The maximum absolute atomic E-state index is 9.70. The van der Waals surface area contributed by atoms with Gasteiger partial charge in [0.25, 0.3) is 0 Å².